The summed E-state index contributed by atoms with van der Waals surface area (Å²) in [5.74, 6) is 0. The van der Waals surface area contributed by atoms with Crippen molar-refractivity contribution in [2.75, 3.05) is 26.9 Å². The van der Waals surface area contributed by atoms with Crippen molar-refractivity contribution in [1.29, 1.82) is 0 Å². The number of hydrogen-bond donors (Lipinski definition) is 1. The standard InChI is InChI=1S/C7H16O3/c1-3-7(6-9-2)10-5-4-8/h7-8H,3-6H2,1-2H3. The van der Waals surface area contributed by atoms with Crippen molar-refractivity contribution >= 4 is 0 Å². The van der Waals surface area contributed by atoms with Crippen LogP contribution in [-0.2, 0) is 9.47 Å². The first-order valence-electron chi connectivity index (χ1n) is 3.56. The zero-order valence-electron chi connectivity index (χ0n) is 6.67. The Morgan fingerprint density at radius 1 is 1.50 bits per heavy atom. The van der Waals surface area contributed by atoms with Crippen molar-refractivity contribution in [3.8, 4) is 0 Å². The van der Waals surface area contributed by atoms with Crippen molar-refractivity contribution < 1.29 is 14.6 Å². The van der Waals surface area contributed by atoms with Gasteiger partial charge in [0.2, 0.25) is 0 Å². The summed E-state index contributed by atoms with van der Waals surface area (Å²) in [5.41, 5.74) is 0. The van der Waals surface area contributed by atoms with E-state index < -0.39 is 0 Å². The largest absolute Gasteiger partial charge is 0.394 e. The normalized spacial score (nSPS) is 13.5. The molecule has 0 radical (unpaired) electrons. The minimum atomic E-state index is 0.0835. The van der Waals surface area contributed by atoms with Crippen molar-refractivity contribution in [2.24, 2.45) is 0 Å². The molecule has 1 atom stereocenters. The fourth-order valence-corrected chi connectivity index (χ4v) is 0.689. The molecule has 0 aliphatic rings. The van der Waals surface area contributed by atoms with Crippen LogP contribution in [0.15, 0.2) is 0 Å². The summed E-state index contributed by atoms with van der Waals surface area (Å²) in [6.07, 6.45) is 1.06. The first kappa shape index (κ1) is 9.88. The summed E-state index contributed by atoms with van der Waals surface area (Å²) >= 11 is 0. The molecule has 1 N–H and O–H groups in total. The van der Waals surface area contributed by atoms with Gasteiger partial charge in [-0.3, -0.25) is 0 Å². The molecular formula is C7H16O3. The number of rotatable bonds is 6. The molecule has 0 aromatic carbocycles. The van der Waals surface area contributed by atoms with Gasteiger partial charge >= 0.3 is 0 Å². The topological polar surface area (TPSA) is 38.7 Å². The first-order valence-corrected chi connectivity index (χ1v) is 3.56. The number of aliphatic hydroxyl groups excluding tert-OH is 1. The predicted octanol–water partition coefficient (Wildman–Crippen LogP) is 0.420. The summed E-state index contributed by atoms with van der Waals surface area (Å²) in [6.45, 7) is 3.12. The molecule has 1 unspecified atom stereocenters. The molecule has 0 spiro atoms. The summed E-state index contributed by atoms with van der Waals surface area (Å²) in [4.78, 5) is 0. The molecule has 0 fully saturated rings. The van der Waals surface area contributed by atoms with Crippen LogP contribution < -0.4 is 0 Å². The van der Waals surface area contributed by atoms with Crippen LogP contribution in [0.25, 0.3) is 0 Å². The zero-order valence-corrected chi connectivity index (χ0v) is 6.67. The van der Waals surface area contributed by atoms with Crippen molar-refractivity contribution in [3.05, 3.63) is 0 Å². The lowest BCUT2D eigenvalue weighted by molar-refractivity contribution is -0.0169. The molecule has 62 valence electrons. The minimum Gasteiger partial charge on any atom is -0.394 e. The maximum atomic E-state index is 8.41. The maximum absolute atomic E-state index is 8.41. The van der Waals surface area contributed by atoms with Crippen molar-refractivity contribution in [1.82, 2.24) is 0 Å². The van der Waals surface area contributed by atoms with Gasteiger partial charge in [-0.2, -0.15) is 0 Å². The van der Waals surface area contributed by atoms with E-state index in [-0.39, 0.29) is 12.7 Å². The molecular weight excluding hydrogens is 132 g/mol. The van der Waals surface area contributed by atoms with Crippen LogP contribution in [0.3, 0.4) is 0 Å². The molecule has 3 heteroatoms. The van der Waals surface area contributed by atoms with Gasteiger partial charge in [0, 0.05) is 7.11 Å². The van der Waals surface area contributed by atoms with Gasteiger partial charge in [-0.15, -0.1) is 0 Å². The molecule has 3 nitrogen and oxygen atoms in total. The van der Waals surface area contributed by atoms with E-state index in [1.807, 2.05) is 6.92 Å². The fourth-order valence-electron chi connectivity index (χ4n) is 0.689. The second-order valence-electron chi connectivity index (χ2n) is 2.08. The van der Waals surface area contributed by atoms with E-state index in [0.29, 0.717) is 13.2 Å². The average molecular weight is 148 g/mol. The molecule has 0 saturated carbocycles. The molecule has 0 aliphatic heterocycles. The SMILES string of the molecule is CCC(COC)OCCO. The molecule has 0 aromatic heterocycles. The molecule has 0 amide bonds. The van der Waals surface area contributed by atoms with Crippen LogP contribution in [0.4, 0.5) is 0 Å². The van der Waals surface area contributed by atoms with Crippen LogP contribution in [-0.4, -0.2) is 38.1 Å². The van der Waals surface area contributed by atoms with E-state index in [4.69, 9.17) is 14.6 Å². The van der Waals surface area contributed by atoms with Gasteiger partial charge in [0.05, 0.1) is 25.9 Å². The maximum Gasteiger partial charge on any atom is 0.0806 e. The van der Waals surface area contributed by atoms with Crippen LogP contribution in [0.5, 0.6) is 0 Å². The van der Waals surface area contributed by atoms with Crippen LogP contribution in [0.1, 0.15) is 13.3 Å². The Morgan fingerprint density at radius 2 is 2.20 bits per heavy atom. The number of hydrogen-bond acceptors (Lipinski definition) is 3. The number of aliphatic hydroxyl groups is 1. The Bertz CT molecular complexity index is 65.9. The third-order valence-corrected chi connectivity index (χ3v) is 1.25. The molecule has 0 aliphatic carbocycles. The van der Waals surface area contributed by atoms with Gasteiger partial charge in [0.15, 0.2) is 0 Å². The van der Waals surface area contributed by atoms with Crippen LogP contribution in [0.2, 0.25) is 0 Å². The van der Waals surface area contributed by atoms with Gasteiger partial charge in [-0.25, -0.2) is 0 Å². The quantitative estimate of drug-likeness (QED) is 0.593. The molecule has 10 heavy (non-hydrogen) atoms. The lowest BCUT2D eigenvalue weighted by atomic mass is 10.3. The molecule has 0 aromatic rings. The zero-order chi connectivity index (χ0) is 7.82. The highest BCUT2D eigenvalue weighted by molar-refractivity contribution is 4.51. The van der Waals surface area contributed by atoms with Gasteiger partial charge in [0.25, 0.3) is 0 Å². The number of methoxy groups -OCH3 is 1. The molecule has 0 bridgehead atoms. The van der Waals surface area contributed by atoms with E-state index in [1.165, 1.54) is 0 Å². The Balaban J connectivity index is 3.21. The lowest BCUT2D eigenvalue weighted by Crippen LogP contribution is -2.19. The monoisotopic (exact) mass is 148 g/mol. The van der Waals surface area contributed by atoms with Gasteiger partial charge in [0.1, 0.15) is 0 Å². The Labute approximate surface area is 62.0 Å². The van der Waals surface area contributed by atoms with E-state index in [9.17, 15) is 0 Å². The van der Waals surface area contributed by atoms with Crippen LogP contribution in [0, 0.1) is 0 Å². The van der Waals surface area contributed by atoms with Crippen molar-refractivity contribution in [2.45, 2.75) is 19.4 Å². The summed E-state index contributed by atoms with van der Waals surface area (Å²) < 4.78 is 10.1. The summed E-state index contributed by atoms with van der Waals surface area (Å²) in [7, 11) is 1.64. The second-order valence-corrected chi connectivity index (χ2v) is 2.08. The third-order valence-electron chi connectivity index (χ3n) is 1.25. The fraction of sp³-hybridized carbons (Fsp3) is 1.00. The average Bonchev–Trinajstić information content (AvgIpc) is 1.98. The van der Waals surface area contributed by atoms with E-state index in [2.05, 4.69) is 0 Å². The minimum absolute atomic E-state index is 0.0835. The summed E-state index contributed by atoms with van der Waals surface area (Å²) in [6, 6.07) is 0. The lowest BCUT2D eigenvalue weighted by Gasteiger charge is -2.13. The second kappa shape index (κ2) is 6.99. The summed E-state index contributed by atoms with van der Waals surface area (Å²) in [5, 5.41) is 8.41. The Hall–Kier alpha value is -0.120. The van der Waals surface area contributed by atoms with E-state index in [1.54, 1.807) is 7.11 Å². The highest BCUT2D eigenvalue weighted by Gasteiger charge is 2.03. The Morgan fingerprint density at radius 3 is 2.60 bits per heavy atom. The van der Waals surface area contributed by atoms with Crippen molar-refractivity contribution in [3.63, 3.8) is 0 Å². The van der Waals surface area contributed by atoms with Gasteiger partial charge in [-0.1, -0.05) is 6.92 Å². The van der Waals surface area contributed by atoms with E-state index >= 15 is 0 Å². The van der Waals surface area contributed by atoms with Gasteiger partial charge in [-0.05, 0) is 6.42 Å². The first-order chi connectivity index (χ1) is 4.85. The number of ether oxygens (including phenoxy) is 2. The van der Waals surface area contributed by atoms with Crippen LogP contribution >= 0.6 is 0 Å². The Kier molecular flexibility index (Phi) is 6.91. The third kappa shape index (κ3) is 4.73. The highest BCUT2D eigenvalue weighted by atomic mass is 16.5. The molecule has 0 rings (SSSR count). The molecule has 0 saturated heterocycles. The predicted molar refractivity (Wildman–Crippen MR) is 39.0 cm³/mol. The van der Waals surface area contributed by atoms with E-state index in [0.717, 1.165) is 6.42 Å². The van der Waals surface area contributed by atoms with Gasteiger partial charge < -0.3 is 14.6 Å². The highest BCUT2D eigenvalue weighted by Crippen LogP contribution is 1.96. The molecule has 0 heterocycles. The smallest absolute Gasteiger partial charge is 0.0806 e.